The van der Waals surface area contributed by atoms with Crippen LogP contribution in [0.15, 0.2) is 60.8 Å². The van der Waals surface area contributed by atoms with E-state index in [1.165, 1.54) is 12.2 Å². The highest BCUT2D eigenvalue weighted by Crippen LogP contribution is 2.36. The van der Waals surface area contributed by atoms with E-state index in [2.05, 4.69) is 11.9 Å². The molecule has 0 heterocycles. The van der Waals surface area contributed by atoms with Gasteiger partial charge in [0.05, 0.1) is 5.56 Å². The first-order valence-electron chi connectivity index (χ1n) is 8.84. The van der Waals surface area contributed by atoms with Crippen LogP contribution in [0.4, 0.5) is 22.0 Å². The Hall–Kier alpha value is -3.40. The molecule has 0 aromatic heterocycles. The van der Waals surface area contributed by atoms with E-state index < -0.39 is 23.2 Å². The largest absolute Gasteiger partial charge is 0.416 e. The minimum atomic E-state index is -4.68. The van der Waals surface area contributed by atoms with Crippen molar-refractivity contribution in [1.29, 1.82) is 5.26 Å². The Labute approximate surface area is 171 Å². The molecule has 0 aliphatic carbocycles. The highest BCUT2D eigenvalue weighted by Gasteiger charge is 2.34. The molecule has 7 heteroatoms. The van der Waals surface area contributed by atoms with Gasteiger partial charge in [0.2, 0.25) is 0 Å². The Morgan fingerprint density at radius 2 is 1.77 bits per heavy atom. The van der Waals surface area contributed by atoms with E-state index in [1.54, 1.807) is 31.3 Å². The average Bonchev–Trinajstić information content (AvgIpc) is 2.69. The molecule has 2 rings (SSSR count). The second-order valence-electron chi connectivity index (χ2n) is 6.50. The molecule has 2 nitrogen and oxygen atoms in total. The number of rotatable bonds is 6. The quantitative estimate of drug-likeness (QED) is 0.247. The molecule has 0 unspecified atom stereocenters. The van der Waals surface area contributed by atoms with Crippen molar-refractivity contribution >= 4 is 17.7 Å². The molecule has 0 bridgehead atoms. The first kappa shape index (κ1) is 22.9. The van der Waals surface area contributed by atoms with Crippen LogP contribution in [0.3, 0.4) is 0 Å². The molecule has 1 N–H and O–H groups in total. The maximum absolute atomic E-state index is 13.6. The smallest absolute Gasteiger partial charge is 0.379 e. The summed E-state index contributed by atoms with van der Waals surface area (Å²) in [5.41, 5.74) is 0.0940. The van der Waals surface area contributed by atoms with Crippen molar-refractivity contribution in [2.24, 2.45) is 0 Å². The van der Waals surface area contributed by atoms with Crippen molar-refractivity contribution in [2.45, 2.75) is 19.0 Å². The molecule has 0 atom stereocenters. The van der Waals surface area contributed by atoms with E-state index in [0.29, 0.717) is 29.7 Å². The van der Waals surface area contributed by atoms with Gasteiger partial charge in [-0.15, -0.1) is 0 Å². The molecule has 0 aliphatic heterocycles. The van der Waals surface area contributed by atoms with Gasteiger partial charge in [-0.2, -0.15) is 18.4 Å². The second-order valence-corrected chi connectivity index (χ2v) is 6.50. The first-order valence-corrected chi connectivity index (χ1v) is 8.84. The van der Waals surface area contributed by atoms with E-state index in [-0.39, 0.29) is 11.3 Å². The lowest BCUT2D eigenvalue weighted by atomic mass is 9.98. The van der Waals surface area contributed by atoms with Crippen LogP contribution >= 0.6 is 0 Å². The topological polar surface area (TPSA) is 35.8 Å². The maximum Gasteiger partial charge on any atom is 0.416 e. The van der Waals surface area contributed by atoms with Gasteiger partial charge in [0.25, 0.3) is 5.92 Å². The molecule has 0 aliphatic rings. The number of hydrogen-bond donors (Lipinski definition) is 1. The number of nitrogens with one attached hydrogen (secondary N) is 1. The van der Waals surface area contributed by atoms with Crippen LogP contribution in [0.2, 0.25) is 0 Å². The number of allylic oxidation sites excluding steroid dienone is 3. The van der Waals surface area contributed by atoms with Crippen molar-refractivity contribution < 1.29 is 22.0 Å². The molecule has 0 fully saturated rings. The molecular weight excluding hydrogens is 399 g/mol. The summed E-state index contributed by atoms with van der Waals surface area (Å²) in [6.07, 6.45) is -0.641. The fourth-order valence-corrected chi connectivity index (χ4v) is 2.84. The van der Waals surface area contributed by atoms with Crippen LogP contribution in [-0.4, -0.2) is 7.05 Å². The maximum atomic E-state index is 13.6. The molecule has 2 aromatic carbocycles. The fraction of sp³-hybridized carbons (Fsp3) is 0.174. The van der Waals surface area contributed by atoms with E-state index in [4.69, 9.17) is 0 Å². The summed E-state index contributed by atoms with van der Waals surface area (Å²) >= 11 is 0. The normalized spacial score (nSPS) is 13.0. The Kier molecular flexibility index (Phi) is 6.83. The standard InChI is InChI=1S/C23H19F5N2/c1-4-19(21(14-29)30-3)16-7-5-6-15(12-16)8-9-17-13-18(22(2,24)25)10-11-20(17)23(26,27)28/h4-13,30H,1H2,2-3H3/b9-8+,21-19+. The Balaban J connectivity index is 2.54. The van der Waals surface area contributed by atoms with Gasteiger partial charge in [0, 0.05) is 25.1 Å². The summed E-state index contributed by atoms with van der Waals surface area (Å²) in [7, 11) is 1.58. The first-order chi connectivity index (χ1) is 14.0. The van der Waals surface area contributed by atoms with E-state index in [0.717, 1.165) is 18.2 Å². The SMILES string of the molecule is C=C/C(=C(/C#N)NC)c1cccc(/C=C/c2cc(C(C)(F)F)ccc2C(F)(F)F)c1. The van der Waals surface area contributed by atoms with Crippen LogP contribution in [0.25, 0.3) is 17.7 Å². The van der Waals surface area contributed by atoms with Crippen molar-refractivity contribution in [3.05, 3.63) is 88.6 Å². The van der Waals surface area contributed by atoms with Crippen molar-refractivity contribution in [3.8, 4) is 6.07 Å². The fourth-order valence-electron chi connectivity index (χ4n) is 2.84. The highest BCUT2D eigenvalue weighted by atomic mass is 19.4. The van der Waals surface area contributed by atoms with E-state index in [9.17, 15) is 27.2 Å². The minimum Gasteiger partial charge on any atom is -0.379 e. The number of nitriles is 1. The molecule has 30 heavy (non-hydrogen) atoms. The van der Waals surface area contributed by atoms with Crippen LogP contribution < -0.4 is 5.32 Å². The zero-order chi connectivity index (χ0) is 22.5. The number of halogens is 5. The summed E-state index contributed by atoms with van der Waals surface area (Å²) in [5.74, 6) is -3.27. The monoisotopic (exact) mass is 418 g/mol. The van der Waals surface area contributed by atoms with Gasteiger partial charge >= 0.3 is 6.18 Å². The summed E-state index contributed by atoms with van der Waals surface area (Å²) in [5, 5.41) is 12.0. The predicted molar refractivity (Wildman–Crippen MR) is 108 cm³/mol. The zero-order valence-electron chi connectivity index (χ0n) is 16.3. The third kappa shape index (κ3) is 5.35. The molecule has 0 saturated carbocycles. The van der Waals surface area contributed by atoms with E-state index in [1.807, 2.05) is 6.07 Å². The van der Waals surface area contributed by atoms with Crippen LogP contribution in [-0.2, 0) is 12.1 Å². The van der Waals surface area contributed by atoms with Gasteiger partial charge < -0.3 is 5.32 Å². The Morgan fingerprint density at radius 3 is 2.30 bits per heavy atom. The zero-order valence-corrected chi connectivity index (χ0v) is 16.3. The third-order valence-electron chi connectivity index (χ3n) is 4.35. The molecule has 0 saturated heterocycles. The summed E-state index contributed by atoms with van der Waals surface area (Å²) in [6, 6.07) is 11.0. The molecule has 0 radical (unpaired) electrons. The molecule has 156 valence electrons. The van der Waals surface area contributed by atoms with Crippen molar-refractivity contribution in [3.63, 3.8) is 0 Å². The lowest BCUT2D eigenvalue weighted by Crippen LogP contribution is -2.11. The number of hydrogen-bond acceptors (Lipinski definition) is 2. The molecule has 2 aromatic rings. The Morgan fingerprint density at radius 1 is 1.07 bits per heavy atom. The van der Waals surface area contributed by atoms with Crippen LogP contribution in [0, 0.1) is 11.3 Å². The van der Waals surface area contributed by atoms with Crippen molar-refractivity contribution in [1.82, 2.24) is 5.32 Å². The number of alkyl halides is 5. The van der Waals surface area contributed by atoms with Gasteiger partial charge in [-0.05, 0) is 34.9 Å². The van der Waals surface area contributed by atoms with Crippen LogP contribution in [0.1, 0.15) is 34.7 Å². The Bertz CT molecular complexity index is 1030. The minimum absolute atomic E-state index is 0.281. The summed E-state index contributed by atoms with van der Waals surface area (Å²) in [4.78, 5) is 0. The van der Waals surface area contributed by atoms with Gasteiger partial charge in [-0.25, -0.2) is 8.78 Å². The highest BCUT2D eigenvalue weighted by molar-refractivity contribution is 5.80. The lowest BCUT2D eigenvalue weighted by Gasteiger charge is -2.15. The number of benzene rings is 2. The average molecular weight is 418 g/mol. The van der Waals surface area contributed by atoms with Gasteiger partial charge in [-0.3, -0.25) is 0 Å². The predicted octanol–water partition coefficient (Wildman–Crippen LogP) is 6.63. The molecular formula is C23H19F5N2. The summed E-state index contributed by atoms with van der Waals surface area (Å²) in [6.45, 7) is 4.31. The van der Waals surface area contributed by atoms with Gasteiger partial charge in [-0.1, -0.05) is 49.1 Å². The molecule has 0 amide bonds. The summed E-state index contributed by atoms with van der Waals surface area (Å²) < 4.78 is 67.1. The second kappa shape index (κ2) is 8.95. The molecule has 0 spiro atoms. The van der Waals surface area contributed by atoms with E-state index >= 15 is 0 Å². The van der Waals surface area contributed by atoms with Crippen molar-refractivity contribution in [2.75, 3.05) is 7.05 Å². The lowest BCUT2D eigenvalue weighted by molar-refractivity contribution is -0.137. The van der Waals surface area contributed by atoms with Gasteiger partial charge in [0.15, 0.2) is 0 Å². The van der Waals surface area contributed by atoms with Crippen LogP contribution in [0.5, 0.6) is 0 Å². The number of nitrogens with zero attached hydrogens (tertiary/aromatic N) is 1. The third-order valence-corrected chi connectivity index (χ3v) is 4.35. The van der Waals surface area contributed by atoms with Gasteiger partial charge in [0.1, 0.15) is 11.8 Å².